The van der Waals surface area contributed by atoms with Crippen LogP contribution in [0.3, 0.4) is 0 Å². The molecule has 1 saturated heterocycles. The van der Waals surface area contributed by atoms with Crippen molar-refractivity contribution in [3.63, 3.8) is 0 Å². The molecule has 4 heteroatoms. The van der Waals surface area contributed by atoms with Crippen molar-refractivity contribution in [2.45, 2.75) is 44.7 Å². The third-order valence-corrected chi connectivity index (χ3v) is 3.84. The molecule has 2 N–H and O–H groups in total. The Balaban J connectivity index is 2.53. The molecule has 1 aliphatic heterocycles. The minimum Gasteiger partial charge on any atom is -0.480 e. The van der Waals surface area contributed by atoms with Gasteiger partial charge in [0.25, 0.3) is 0 Å². The van der Waals surface area contributed by atoms with Crippen LogP contribution in [0.15, 0.2) is 0 Å². The fourth-order valence-corrected chi connectivity index (χ4v) is 2.99. The summed E-state index contributed by atoms with van der Waals surface area (Å²) in [4.78, 5) is 11.1. The molecular weight excluding hydrogens is 198 g/mol. The number of carbonyl (C=O) groups is 1. The standard InChI is InChI=1S/C10H19NO2S/c1-3-5-10(2,9(12)13)11-8-4-6-14-7-8/h8,11H,3-7H2,1-2H3,(H,12,13). The van der Waals surface area contributed by atoms with Crippen LogP contribution >= 0.6 is 11.8 Å². The number of nitrogens with one attached hydrogen (secondary N) is 1. The Kier molecular flexibility index (Phi) is 4.26. The van der Waals surface area contributed by atoms with E-state index in [2.05, 4.69) is 5.32 Å². The lowest BCUT2D eigenvalue weighted by molar-refractivity contribution is -0.144. The van der Waals surface area contributed by atoms with E-state index in [0.717, 1.165) is 24.3 Å². The maximum Gasteiger partial charge on any atom is 0.323 e. The predicted molar refractivity (Wildman–Crippen MR) is 59.8 cm³/mol. The lowest BCUT2D eigenvalue weighted by Gasteiger charge is -2.29. The van der Waals surface area contributed by atoms with Crippen molar-refractivity contribution in [2.24, 2.45) is 0 Å². The van der Waals surface area contributed by atoms with Crippen LogP contribution in [0.25, 0.3) is 0 Å². The second-order valence-electron chi connectivity index (χ2n) is 4.09. The zero-order valence-electron chi connectivity index (χ0n) is 8.88. The van der Waals surface area contributed by atoms with Crippen LogP contribution in [-0.2, 0) is 4.79 Å². The number of thioether (sulfide) groups is 1. The van der Waals surface area contributed by atoms with Crippen molar-refractivity contribution >= 4 is 17.7 Å². The Bertz CT molecular complexity index is 204. The molecule has 0 amide bonds. The molecule has 82 valence electrons. The smallest absolute Gasteiger partial charge is 0.323 e. The average molecular weight is 217 g/mol. The van der Waals surface area contributed by atoms with E-state index in [9.17, 15) is 4.79 Å². The topological polar surface area (TPSA) is 49.3 Å². The molecule has 1 rings (SSSR count). The number of hydrogen-bond donors (Lipinski definition) is 2. The van der Waals surface area contributed by atoms with Crippen molar-refractivity contribution in [1.29, 1.82) is 0 Å². The van der Waals surface area contributed by atoms with Crippen molar-refractivity contribution < 1.29 is 9.90 Å². The molecule has 2 atom stereocenters. The van der Waals surface area contributed by atoms with Gasteiger partial charge in [0.1, 0.15) is 5.54 Å². The highest BCUT2D eigenvalue weighted by Gasteiger charge is 2.34. The van der Waals surface area contributed by atoms with Gasteiger partial charge < -0.3 is 5.11 Å². The molecule has 2 unspecified atom stereocenters. The molecule has 0 aliphatic carbocycles. The Hall–Kier alpha value is -0.220. The summed E-state index contributed by atoms with van der Waals surface area (Å²) in [6.45, 7) is 3.81. The van der Waals surface area contributed by atoms with Crippen LogP contribution in [-0.4, -0.2) is 34.2 Å². The van der Waals surface area contributed by atoms with E-state index >= 15 is 0 Å². The van der Waals surface area contributed by atoms with Crippen LogP contribution in [0.1, 0.15) is 33.1 Å². The van der Waals surface area contributed by atoms with Gasteiger partial charge in [0.15, 0.2) is 0 Å². The monoisotopic (exact) mass is 217 g/mol. The fraction of sp³-hybridized carbons (Fsp3) is 0.900. The Labute approximate surface area is 89.6 Å². The largest absolute Gasteiger partial charge is 0.480 e. The molecule has 0 aromatic carbocycles. The second-order valence-corrected chi connectivity index (χ2v) is 5.24. The first kappa shape index (κ1) is 11.9. The van der Waals surface area contributed by atoms with Crippen LogP contribution in [0.2, 0.25) is 0 Å². The van der Waals surface area contributed by atoms with Crippen molar-refractivity contribution in [1.82, 2.24) is 5.32 Å². The van der Waals surface area contributed by atoms with E-state index in [1.54, 1.807) is 6.92 Å². The quantitative estimate of drug-likeness (QED) is 0.736. The van der Waals surface area contributed by atoms with Gasteiger partial charge in [-0.25, -0.2) is 0 Å². The van der Waals surface area contributed by atoms with Crippen molar-refractivity contribution in [3.8, 4) is 0 Å². The first-order chi connectivity index (χ1) is 6.58. The summed E-state index contributed by atoms with van der Waals surface area (Å²) < 4.78 is 0. The average Bonchev–Trinajstić information content (AvgIpc) is 2.56. The van der Waals surface area contributed by atoms with Gasteiger partial charge in [-0.1, -0.05) is 13.3 Å². The van der Waals surface area contributed by atoms with Gasteiger partial charge in [-0.3, -0.25) is 10.1 Å². The molecule has 0 saturated carbocycles. The van der Waals surface area contributed by atoms with Crippen LogP contribution < -0.4 is 5.32 Å². The van der Waals surface area contributed by atoms with E-state index in [-0.39, 0.29) is 0 Å². The van der Waals surface area contributed by atoms with Gasteiger partial charge in [0.2, 0.25) is 0 Å². The third kappa shape index (κ3) is 2.89. The molecule has 14 heavy (non-hydrogen) atoms. The molecule has 3 nitrogen and oxygen atoms in total. The van der Waals surface area contributed by atoms with Gasteiger partial charge in [-0.05, 0) is 25.5 Å². The van der Waals surface area contributed by atoms with Crippen molar-refractivity contribution in [3.05, 3.63) is 0 Å². The zero-order valence-corrected chi connectivity index (χ0v) is 9.69. The number of rotatable bonds is 5. The SMILES string of the molecule is CCCC(C)(NC1CCSC1)C(=O)O. The normalized spacial score (nSPS) is 26.0. The van der Waals surface area contributed by atoms with E-state index in [1.807, 2.05) is 18.7 Å². The lowest BCUT2D eigenvalue weighted by Crippen LogP contribution is -2.53. The summed E-state index contributed by atoms with van der Waals surface area (Å²) in [5.74, 6) is 1.47. The number of carboxylic acid groups (broad SMARTS) is 1. The lowest BCUT2D eigenvalue weighted by atomic mass is 9.95. The van der Waals surface area contributed by atoms with Crippen LogP contribution in [0.5, 0.6) is 0 Å². The van der Waals surface area contributed by atoms with E-state index in [0.29, 0.717) is 12.5 Å². The zero-order chi connectivity index (χ0) is 10.6. The van der Waals surface area contributed by atoms with Gasteiger partial charge in [0.05, 0.1) is 0 Å². The minimum atomic E-state index is -0.732. The van der Waals surface area contributed by atoms with Gasteiger partial charge >= 0.3 is 5.97 Å². The predicted octanol–water partition coefficient (Wildman–Crippen LogP) is 1.72. The second kappa shape index (κ2) is 5.03. The Morgan fingerprint density at radius 3 is 2.86 bits per heavy atom. The number of aliphatic carboxylic acids is 1. The van der Waals surface area contributed by atoms with E-state index in [4.69, 9.17) is 5.11 Å². The molecule has 0 spiro atoms. The molecule has 0 aromatic rings. The maximum atomic E-state index is 11.1. The highest BCUT2D eigenvalue weighted by molar-refractivity contribution is 7.99. The van der Waals surface area contributed by atoms with E-state index < -0.39 is 11.5 Å². The Morgan fingerprint density at radius 1 is 1.71 bits per heavy atom. The maximum absolute atomic E-state index is 11.1. The molecule has 0 bridgehead atoms. The van der Waals surface area contributed by atoms with Gasteiger partial charge in [-0.15, -0.1) is 0 Å². The highest BCUT2D eigenvalue weighted by atomic mass is 32.2. The Morgan fingerprint density at radius 2 is 2.43 bits per heavy atom. The first-order valence-corrected chi connectivity index (χ1v) is 6.33. The number of carboxylic acids is 1. The van der Waals surface area contributed by atoms with Crippen LogP contribution in [0.4, 0.5) is 0 Å². The fourth-order valence-electron chi connectivity index (χ4n) is 1.84. The molecule has 1 fully saturated rings. The third-order valence-electron chi connectivity index (χ3n) is 2.67. The molecule has 1 aliphatic rings. The summed E-state index contributed by atoms with van der Waals surface area (Å²) >= 11 is 1.90. The molecule has 1 heterocycles. The number of hydrogen-bond acceptors (Lipinski definition) is 3. The first-order valence-electron chi connectivity index (χ1n) is 5.17. The summed E-state index contributed by atoms with van der Waals surface area (Å²) in [7, 11) is 0. The summed E-state index contributed by atoms with van der Waals surface area (Å²) in [5, 5.41) is 12.4. The summed E-state index contributed by atoms with van der Waals surface area (Å²) in [5.41, 5.74) is -0.732. The summed E-state index contributed by atoms with van der Waals surface area (Å²) in [6.07, 6.45) is 2.69. The minimum absolute atomic E-state index is 0.382. The van der Waals surface area contributed by atoms with Gasteiger partial charge in [-0.2, -0.15) is 11.8 Å². The van der Waals surface area contributed by atoms with Crippen molar-refractivity contribution in [2.75, 3.05) is 11.5 Å². The molecule has 0 aromatic heterocycles. The van der Waals surface area contributed by atoms with Crippen LogP contribution in [0, 0.1) is 0 Å². The molecular formula is C10H19NO2S. The van der Waals surface area contributed by atoms with E-state index in [1.165, 1.54) is 0 Å². The van der Waals surface area contributed by atoms with Gasteiger partial charge in [0, 0.05) is 11.8 Å². The summed E-state index contributed by atoms with van der Waals surface area (Å²) in [6, 6.07) is 0.382. The highest BCUT2D eigenvalue weighted by Crippen LogP contribution is 2.22. The molecule has 0 radical (unpaired) electrons.